The number of rotatable bonds is 2. The van der Waals surface area contributed by atoms with Crippen molar-refractivity contribution in [3.05, 3.63) is 64.6 Å². The Bertz CT molecular complexity index is 803. The van der Waals surface area contributed by atoms with Crippen LogP contribution in [0.25, 0.3) is 16.5 Å². The molecule has 0 saturated heterocycles. The van der Waals surface area contributed by atoms with Crippen LogP contribution in [0.2, 0.25) is 0 Å². The van der Waals surface area contributed by atoms with E-state index in [0.29, 0.717) is 5.92 Å². The topological polar surface area (TPSA) is 37.8 Å². The van der Waals surface area contributed by atoms with Crippen LogP contribution in [-0.2, 0) is 0 Å². The monoisotopic (exact) mass is 250 g/mol. The Morgan fingerprint density at radius 2 is 1.84 bits per heavy atom. The Hall–Kier alpha value is -2.29. The molecule has 2 aromatic carbocycles. The third kappa shape index (κ3) is 1.70. The minimum Gasteiger partial charge on any atom is -0.295 e. The predicted octanol–water partition coefficient (Wildman–Crippen LogP) is 3.20. The summed E-state index contributed by atoms with van der Waals surface area (Å²) in [6.07, 6.45) is 2.38. The van der Waals surface area contributed by atoms with Crippen molar-refractivity contribution in [1.82, 2.24) is 9.78 Å². The van der Waals surface area contributed by atoms with Gasteiger partial charge in [-0.25, -0.2) is 4.68 Å². The van der Waals surface area contributed by atoms with Crippen LogP contribution in [-0.4, -0.2) is 9.78 Å². The molecule has 3 nitrogen and oxygen atoms in total. The maximum Gasteiger partial charge on any atom is 0.271 e. The Morgan fingerprint density at radius 1 is 1.05 bits per heavy atom. The zero-order valence-electron chi connectivity index (χ0n) is 10.5. The number of benzene rings is 2. The molecular formula is C16H14N2O. The van der Waals surface area contributed by atoms with Gasteiger partial charge in [-0.2, -0.15) is 0 Å². The van der Waals surface area contributed by atoms with Crippen molar-refractivity contribution in [1.29, 1.82) is 0 Å². The lowest BCUT2D eigenvalue weighted by Crippen LogP contribution is -2.13. The normalized spacial score (nSPS) is 14.9. The van der Waals surface area contributed by atoms with E-state index in [1.54, 1.807) is 10.7 Å². The standard InChI is InChI=1S/C16H14N2O/c19-16-10-14(12-8-9-12)17-18(16)15-7-3-5-11-4-1-2-6-13(11)15/h1-7,10,12,17H,8-9H2. The molecule has 1 aromatic heterocycles. The highest BCUT2D eigenvalue weighted by molar-refractivity contribution is 5.89. The van der Waals surface area contributed by atoms with Crippen molar-refractivity contribution in [2.45, 2.75) is 18.8 Å². The summed E-state index contributed by atoms with van der Waals surface area (Å²) >= 11 is 0. The van der Waals surface area contributed by atoms with Crippen LogP contribution in [0, 0.1) is 0 Å². The summed E-state index contributed by atoms with van der Waals surface area (Å²) in [6.45, 7) is 0. The Labute approximate surface area is 110 Å². The van der Waals surface area contributed by atoms with Crippen LogP contribution < -0.4 is 5.56 Å². The smallest absolute Gasteiger partial charge is 0.271 e. The van der Waals surface area contributed by atoms with Crippen molar-refractivity contribution in [2.75, 3.05) is 0 Å². The van der Waals surface area contributed by atoms with Crippen LogP contribution in [0.4, 0.5) is 0 Å². The van der Waals surface area contributed by atoms with Crippen molar-refractivity contribution in [2.24, 2.45) is 0 Å². The molecule has 3 aromatic rings. The van der Waals surface area contributed by atoms with Crippen molar-refractivity contribution < 1.29 is 0 Å². The van der Waals surface area contributed by atoms with E-state index in [1.165, 1.54) is 12.8 Å². The highest BCUT2D eigenvalue weighted by atomic mass is 16.1. The number of hydrogen-bond acceptors (Lipinski definition) is 1. The largest absolute Gasteiger partial charge is 0.295 e. The quantitative estimate of drug-likeness (QED) is 0.745. The van der Waals surface area contributed by atoms with Gasteiger partial charge in [-0.15, -0.1) is 0 Å². The molecule has 1 N–H and O–H groups in total. The molecule has 0 spiro atoms. The molecule has 1 aliphatic rings. The van der Waals surface area contributed by atoms with Gasteiger partial charge in [0.05, 0.1) is 5.69 Å². The summed E-state index contributed by atoms with van der Waals surface area (Å²) in [4.78, 5) is 12.1. The molecular weight excluding hydrogens is 236 g/mol. The molecule has 0 radical (unpaired) electrons. The van der Waals surface area contributed by atoms with Crippen LogP contribution in [0.15, 0.2) is 53.3 Å². The first-order valence-corrected chi connectivity index (χ1v) is 6.63. The minimum absolute atomic E-state index is 0.0262. The number of nitrogens with zero attached hydrogens (tertiary/aromatic N) is 1. The number of aromatic amines is 1. The lowest BCUT2D eigenvalue weighted by atomic mass is 10.1. The fourth-order valence-electron chi connectivity index (χ4n) is 2.60. The van der Waals surface area contributed by atoms with Crippen molar-refractivity contribution in [3.8, 4) is 5.69 Å². The van der Waals surface area contributed by atoms with E-state index >= 15 is 0 Å². The average molecular weight is 250 g/mol. The van der Waals surface area contributed by atoms with E-state index in [-0.39, 0.29) is 5.56 Å². The Kier molecular flexibility index (Phi) is 2.15. The zero-order chi connectivity index (χ0) is 12.8. The molecule has 0 atom stereocenters. The third-order valence-corrected chi connectivity index (χ3v) is 3.76. The SMILES string of the molecule is O=c1cc(C2CC2)[nH]n1-c1cccc2ccccc12. The fourth-order valence-corrected chi connectivity index (χ4v) is 2.60. The number of hydrogen-bond donors (Lipinski definition) is 1. The molecule has 1 aliphatic carbocycles. The van der Waals surface area contributed by atoms with E-state index < -0.39 is 0 Å². The third-order valence-electron chi connectivity index (χ3n) is 3.76. The van der Waals surface area contributed by atoms with Crippen LogP contribution in [0.5, 0.6) is 0 Å². The number of aromatic nitrogens is 2. The molecule has 0 unspecified atom stereocenters. The van der Waals surface area contributed by atoms with Gasteiger partial charge in [0.25, 0.3) is 5.56 Å². The highest BCUT2D eigenvalue weighted by Crippen LogP contribution is 2.38. The first kappa shape index (κ1) is 10.6. The maximum absolute atomic E-state index is 12.1. The molecule has 3 heteroatoms. The van der Waals surface area contributed by atoms with E-state index in [1.807, 2.05) is 24.3 Å². The van der Waals surface area contributed by atoms with E-state index in [0.717, 1.165) is 22.2 Å². The molecule has 1 heterocycles. The van der Waals surface area contributed by atoms with E-state index in [2.05, 4.69) is 23.3 Å². The van der Waals surface area contributed by atoms with Gasteiger partial charge < -0.3 is 0 Å². The lowest BCUT2D eigenvalue weighted by molar-refractivity contribution is 0.821. The molecule has 1 fully saturated rings. The van der Waals surface area contributed by atoms with Gasteiger partial charge in [-0.05, 0) is 24.3 Å². The Morgan fingerprint density at radius 3 is 2.68 bits per heavy atom. The fraction of sp³-hybridized carbons (Fsp3) is 0.188. The lowest BCUT2D eigenvalue weighted by Gasteiger charge is -2.06. The second-order valence-corrected chi connectivity index (χ2v) is 5.16. The van der Waals surface area contributed by atoms with Gasteiger partial charge in [0.15, 0.2) is 0 Å². The van der Waals surface area contributed by atoms with E-state index in [9.17, 15) is 4.79 Å². The van der Waals surface area contributed by atoms with Crippen molar-refractivity contribution >= 4 is 10.8 Å². The van der Waals surface area contributed by atoms with Gasteiger partial charge >= 0.3 is 0 Å². The second kappa shape index (κ2) is 3.85. The van der Waals surface area contributed by atoms with Crippen LogP contribution in [0.1, 0.15) is 24.5 Å². The van der Waals surface area contributed by atoms with Crippen LogP contribution in [0.3, 0.4) is 0 Å². The Balaban J connectivity index is 1.97. The first-order valence-electron chi connectivity index (χ1n) is 6.63. The minimum atomic E-state index is 0.0262. The van der Waals surface area contributed by atoms with E-state index in [4.69, 9.17) is 0 Å². The predicted molar refractivity (Wildman–Crippen MR) is 75.9 cm³/mol. The van der Waals surface area contributed by atoms with Crippen LogP contribution >= 0.6 is 0 Å². The summed E-state index contributed by atoms with van der Waals surface area (Å²) in [6, 6.07) is 15.9. The highest BCUT2D eigenvalue weighted by Gasteiger charge is 2.26. The summed E-state index contributed by atoms with van der Waals surface area (Å²) in [5.41, 5.74) is 2.02. The molecule has 19 heavy (non-hydrogen) atoms. The second-order valence-electron chi connectivity index (χ2n) is 5.16. The first-order chi connectivity index (χ1) is 9.33. The molecule has 4 rings (SSSR count). The maximum atomic E-state index is 12.1. The molecule has 0 amide bonds. The number of H-pyrrole nitrogens is 1. The van der Waals surface area contributed by atoms with Gasteiger partial charge in [0.2, 0.25) is 0 Å². The summed E-state index contributed by atoms with van der Waals surface area (Å²) in [5.74, 6) is 0.559. The molecule has 94 valence electrons. The van der Waals surface area contributed by atoms with Gasteiger partial charge in [-0.1, -0.05) is 36.4 Å². The summed E-state index contributed by atoms with van der Waals surface area (Å²) < 4.78 is 1.66. The molecule has 0 aliphatic heterocycles. The summed E-state index contributed by atoms with van der Waals surface area (Å²) in [7, 11) is 0. The zero-order valence-corrected chi connectivity index (χ0v) is 10.5. The molecule has 1 saturated carbocycles. The van der Waals surface area contributed by atoms with Gasteiger partial charge in [0.1, 0.15) is 0 Å². The molecule has 0 bridgehead atoms. The average Bonchev–Trinajstić information content (AvgIpc) is 3.22. The summed E-state index contributed by atoms with van der Waals surface area (Å²) in [5, 5.41) is 5.50. The van der Waals surface area contributed by atoms with Crippen molar-refractivity contribution in [3.63, 3.8) is 0 Å². The number of fused-ring (bicyclic) bond motifs is 1. The number of nitrogens with one attached hydrogen (secondary N) is 1. The van der Waals surface area contributed by atoms with Gasteiger partial charge in [0, 0.05) is 23.1 Å². The van der Waals surface area contributed by atoms with Gasteiger partial charge in [-0.3, -0.25) is 9.89 Å².